The fourth-order valence-corrected chi connectivity index (χ4v) is 5.16. The van der Waals surface area contributed by atoms with Crippen LogP contribution in [0.2, 0.25) is 5.02 Å². The van der Waals surface area contributed by atoms with E-state index in [9.17, 15) is 0 Å². The number of piperidine rings is 1. The summed E-state index contributed by atoms with van der Waals surface area (Å²) in [7, 11) is 1.70. The molecule has 36 heavy (non-hydrogen) atoms. The van der Waals surface area contributed by atoms with Crippen molar-refractivity contribution in [3.63, 3.8) is 0 Å². The van der Waals surface area contributed by atoms with Gasteiger partial charge in [0.2, 0.25) is 11.5 Å². The lowest BCUT2D eigenvalue weighted by Gasteiger charge is -2.30. The quantitative estimate of drug-likeness (QED) is 0.389. The van der Waals surface area contributed by atoms with Gasteiger partial charge in [-0.1, -0.05) is 23.7 Å². The van der Waals surface area contributed by atoms with E-state index in [0.29, 0.717) is 47.1 Å². The minimum Gasteiger partial charge on any atom is -0.486 e. The number of pyridine rings is 1. The Kier molecular flexibility index (Phi) is 6.47. The number of aromatic nitrogens is 5. The molecular weight excluding hydrogens is 480 g/mol. The molecular formula is C25H29ClN8O2. The standard InChI is InChI=1S/C25H29ClN8O2/c1-35-12-10-33-11-13-36-23-20(33)15-29-34-24(31-32-25(23)34)19-5-3-17-2-4-18(26)22(21(17)30-19)28-14-16-6-8-27-9-7-16/h2-5,15-16,27-28H,6-14H2,1H3. The maximum atomic E-state index is 6.63. The van der Waals surface area contributed by atoms with Gasteiger partial charge in [-0.05, 0) is 44.0 Å². The van der Waals surface area contributed by atoms with Crippen LogP contribution in [0.25, 0.3) is 28.1 Å². The van der Waals surface area contributed by atoms with E-state index in [4.69, 9.17) is 26.1 Å². The normalized spacial score (nSPS) is 16.3. The highest BCUT2D eigenvalue weighted by Gasteiger charge is 2.25. The molecule has 0 amide bonds. The highest BCUT2D eigenvalue weighted by molar-refractivity contribution is 6.34. The first-order chi connectivity index (χ1) is 17.7. The summed E-state index contributed by atoms with van der Waals surface area (Å²) in [6.45, 7) is 5.70. The Hall–Kier alpha value is -3.21. The van der Waals surface area contributed by atoms with Crippen molar-refractivity contribution in [1.29, 1.82) is 0 Å². The third kappa shape index (κ3) is 4.29. The first-order valence-electron chi connectivity index (χ1n) is 12.4. The van der Waals surface area contributed by atoms with Crippen LogP contribution in [0.5, 0.6) is 5.75 Å². The van der Waals surface area contributed by atoms with Crippen LogP contribution < -0.4 is 20.3 Å². The molecule has 0 saturated carbocycles. The Morgan fingerprint density at radius 1 is 1.19 bits per heavy atom. The molecule has 2 aliphatic heterocycles. The van der Waals surface area contributed by atoms with E-state index in [0.717, 1.165) is 67.8 Å². The smallest absolute Gasteiger partial charge is 0.222 e. The van der Waals surface area contributed by atoms with Crippen molar-refractivity contribution in [3.8, 4) is 17.3 Å². The third-order valence-corrected chi connectivity index (χ3v) is 7.27. The van der Waals surface area contributed by atoms with Gasteiger partial charge < -0.3 is 25.0 Å². The SMILES string of the molecule is COCCN1CCOc2c1cnn1c(-c3ccc4ccc(Cl)c(NCC5CCNCC5)c4n3)nnc21. The van der Waals surface area contributed by atoms with Crippen molar-refractivity contribution in [3.05, 3.63) is 35.5 Å². The van der Waals surface area contributed by atoms with Gasteiger partial charge in [-0.3, -0.25) is 0 Å². The summed E-state index contributed by atoms with van der Waals surface area (Å²) in [6.07, 6.45) is 4.11. The maximum absolute atomic E-state index is 6.63. The largest absolute Gasteiger partial charge is 0.486 e. The minimum absolute atomic E-state index is 0.552. The first-order valence-corrected chi connectivity index (χ1v) is 12.8. The fraction of sp³-hybridized carbons (Fsp3) is 0.440. The van der Waals surface area contributed by atoms with Crippen molar-refractivity contribution in [2.75, 3.05) is 63.3 Å². The van der Waals surface area contributed by atoms with Crippen LogP contribution in [0.1, 0.15) is 12.8 Å². The molecule has 1 fully saturated rings. The van der Waals surface area contributed by atoms with Gasteiger partial charge in [0.15, 0.2) is 5.75 Å². The van der Waals surface area contributed by atoms with Crippen molar-refractivity contribution >= 4 is 39.5 Å². The van der Waals surface area contributed by atoms with Crippen LogP contribution in [0.3, 0.4) is 0 Å². The molecule has 10 nitrogen and oxygen atoms in total. The van der Waals surface area contributed by atoms with Crippen molar-refractivity contribution in [2.24, 2.45) is 5.92 Å². The number of nitrogens with zero attached hydrogens (tertiary/aromatic N) is 6. The molecule has 0 spiro atoms. The number of rotatable bonds is 7. The molecule has 2 N–H and O–H groups in total. The molecule has 0 bridgehead atoms. The zero-order valence-electron chi connectivity index (χ0n) is 20.2. The zero-order chi connectivity index (χ0) is 24.5. The first kappa shape index (κ1) is 23.2. The Morgan fingerprint density at radius 2 is 2.06 bits per heavy atom. The lowest BCUT2D eigenvalue weighted by molar-refractivity contribution is 0.201. The van der Waals surface area contributed by atoms with E-state index in [1.165, 1.54) is 0 Å². The van der Waals surface area contributed by atoms with E-state index in [1.54, 1.807) is 17.8 Å². The van der Waals surface area contributed by atoms with Gasteiger partial charge in [0.25, 0.3) is 0 Å². The zero-order valence-corrected chi connectivity index (χ0v) is 21.0. The predicted molar refractivity (Wildman–Crippen MR) is 140 cm³/mol. The summed E-state index contributed by atoms with van der Waals surface area (Å²) in [6, 6.07) is 7.88. The summed E-state index contributed by atoms with van der Waals surface area (Å²) in [5.74, 6) is 1.84. The van der Waals surface area contributed by atoms with Gasteiger partial charge in [-0.25, -0.2) is 4.98 Å². The van der Waals surface area contributed by atoms with Crippen LogP contribution in [-0.4, -0.2) is 77.8 Å². The molecule has 6 rings (SSSR count). The van der Waals surface area contributed by atoms with Crippen molar-refractivity contribution in [1.82, 2.24) is 30.1 Å². The van der Waals surface area contributed by atoms with Crippen LogP contribution in [0, 0.1) is 5.92 Å². The molecule has 4 aromatic rings. The minimum atomic E-state index is 0.552. The molecule has 188 valence electrons. The Morgan fingerprint density at radius 3 is 2.92 bits per heavy atom. The number of nitrogens with one attached hydrogen (secondary N) is 2. The Bertz CT molecular complexity index is 1390. The Balaban J connectivity index is 1.36. The van der Waals surface area contributed by atoms with Crippen LogP contribution in [0.4, 0.5) is 11.4 Å². The lowest BCUT2D eigenvalue weighted by Crippen LogP contribution is -2.35. The van der Waals surface area contributed by atoms with Gasteiger partial charge >= 0.3 is 0 Å². The lowest BCUT2D eigenvalue weighted by atomic mass is 9.98. The van der Waals surface area contributed by atoms with E-state index in [-0.39, 0.29) is 0 Å². The molecule has 1 aromatic carbocycles. The highest BCUT2D eigenvalue weighted by Crippen LogP contribution is 2.36. The molecule has 0 radical (unpaired) electrons. The molecule has 3 aromatic heterocycles. The second-order valence-electron chi connectivity index (χ2n) is 9.21. The number of hydrogen-bond acceptors (Lipinski definition) is 9. The molecule has 0 atom stereocenters. The summed E-state index contributed by atoms with van der Waals surface area (Å²) in [5.41, 5.74) is 3.80. The third-order valence-electron chi connectivity index (χ3n) is 6.95. The van der Waals surface area contributed by atoms with Crippen molar-refractivity contribution in [2.45, 2.75) is 12.8 Å². The summed E-state index contributed by atoms with van der Waals surface area (Å²) < 4.78 is 12.9. The molecule has 5 heterocycles. The predicted octanol–water partition coefficient (Wildman–Crippen LogP) is 3.25. The van der Waals surface area contributed by atoms with E-state index in [2.05, 4.69) is 30.8 Å². The molecule has 0 unspecified atom stereocenters. The van der Waals surface area contributed by atoms with E-state index < -0.39 is 0 Å². The van der Waals surface area contributed by atoms with E-state index in [1.807, 2.05) is 24.3 Å². The number of benzene rings is 1. The van der Waals surface area contributed by atoms with E-state index >= 15 is 0 Å². The number of halogens is 1. The number of hydrogen-bond donors (Lipinski definition) is 2. The second-order valence-corrected chi connectivity index (χ2v) is 9.62. The van der Waals surface area contributed by atoms with Crippen LogP contribution in [-0.2, 0) is 4.74 Å². The monoisotopic (exact) mass is 508 g/mol. The average molecular weight is 509 g/mol. The number of anilines is 2. The highest BCUT2D eigenvalue weighted by atomic mass is 35.5. The molecule has 1 saturated heterocycles. The summed E-state index contributed by atoms with van der Waals surface area (Å²) in [4.78, 5) is 7.16. The maximum Gasteiger partial charge on any atom is 0.222 e. The average Bonchev–Trinajstić information content (AvgIpc) is 3.36. The molecule has 0 aliphatic carbocycles. The van der Waals surface area contributed by atoms with Gasteiger partial charge in [0.1, 0.15) is 18.0 Å². The summed E-state index contributed by atoms with van der Waals surface area (Å²) >= 11 is 6.63. The van der Waals surface area contributed by atoms with Gasteiger partial charge in [-0.15, -0.1) is 10.2 Å². The number of methoxy groups -OCH3 is 1. The van der Waals surface area contributed by atoms with Gasteiger partial charge in [0.05, 0.1) is 35.6 Å². The topological polar surface area (TPSA) is 102 Å². The number of ether oxygens (including phenoxy) is 2. The van der Waals surface area contributed by atoms with Gasteiger partial charge in [0, 0.05) is 25.6 Å². The second kappa shape index (κ2) is 10.0. The number of fused-ring (bicyclic) bond motifs is 4. The van der Waals surface area contributed by atoms with Gasteiger partial charge in [-0.2, -0.15) is 9.61 Å². The summed E-state index contributed by atoms with van der Waals surface area (Å²) in [5, 5.41) is 22.2. The van der Waals surface area contributed by atoms with Crippen LogP contribution in [0.15, 0.2) is 30.5 Å². The van der Waals surface area contributed by atoms with Crippen molar-refractivity contribution < 1.29 is 9.47 Å². The fourth-order valence-electron chi connectivity index (χ4n) is 4.94. The molecule has 11 heteroatoms. The van der Waals surface area contributed by atoms with Crippen LogP contribution >= 0.6 is 11.6 Å². The Labute approximate surface area is 213 Å². The molecule has 2 aliphatic rings.